The van der Waals surface area contributed by atoms with Crippen LogP contribution < -0.4 is 0 Å². The van der Waals surface area contributed by atoms with Crippen LogP contribution in [0.4, 0.5) is 0 Å². The number of hydrogen-bond acceptors (Lipinski definition) is 3. The number of hydrogen-bond donors (Lipinski definition) is 0. The minimum absolute atomic E-state index is 0.205. The molecule has 0 N–H and O–H groups in total. The van der Waals surface area contributed by atoms with Gasteiger partial charge in [-0.2, -0.15) is 0 Å². The largest absolute Gasteiger partial charge is 0.368 e. The number of ketones is 2. The van der Waals surface area contributed by atoms with Gasteiger partial charge in [-0.15, -0.1) is 0 Å². The summed E-state index contributed by atoms with van der Waals surface area (Å²) in [5.74, 6) is -0.410. The first-order valence-corrected chi connectivity index (χ1v) is 7.62. The third-order valence-electron chi connectivity index (χ3n) is 3.53. The highest BCUT2D eigenvalue weighted by Crippen LogP contribution is 2.13. The lowest BCUT2D eigenvalue weighted by Crippen LogP contribution is -2.20. The van der Waals surface area contributed by atoms with Crippen LogP contribution in [0.25, 0.3) is 0 Å². The minimum Gasteiger partial charge on any atom is -0.368 e. The van der Waals surface area contributed by atoms with E-state index in [1.54, 1.807) is 6.20 Å². The van der Waals surface area contributed by atoms with Crippen molar-refractivity contribution in [3.8, 4) is 0 Å². The molecule has 118 valence electrons. The second-order valence-electron chi connectivity index (χ2n) is 5.53. The lowest BCUT2D eigenvalue weighted by atomic mass is 10.1. The standard InChI is InChI=1S/C20H21NO2/c1-16(22)20(17(2)23)15-21(13-18-9-5-3-6-10-18)14-19-11-7-4-8-12-19/h3-12,15H,13-14H2,1-2H3. The third-order valence-corrected chi connectivity index (χ3v) is 3.53. The predicted octanol–water partition coefficient (Wildman–Crippen LogP) is 3.75. The molecule has 0 aromatic heterocycles. The SMILES string of the molecule is CC(=O)C(=CN(Cc1ccccc1)Cc1ccccc1)C(C)=O. The summed E-state index contributed by atoms with van der Waals surface area (Å²) in [6.45, 7) is 4.13. The van der Waals surface area contributed by atoms with Crippen molar-refractivity contribution in [2.75, 3.05) is 0 Å². The molecular weight excluding hydrogens is 286 g/mol. The fourth-order valence-electron chi connectivity index (χ4n) is 2.40. The Bertz CT molecular complexity index is 633. The van der Waals surface area contributed by atoms with Gasteiger partial charge in [0.15, 0.2) is 11.6 Å². The molecule has 2 rings (SSSR count). The summed E-state index contributed by atoms with van der Waals surface area (Å²) in [5.41, 5.74) is 2.49. The second kappa shape index (κ2) is 8.08. The van der Waals surface area contributed by atoms with E-state index in [9.17, 15) is 9.59 Å². The monoisotopic (exact) mass is 307 g/mol. The smallest absolute Gasteiger partial charge is 0.164 e. The average Bonchev–Trinajstić information content (AvgIpc) is 2.53. The molecule has 2 aromatic carbocycles. The lowest BCUT2D eigenvalue weighted by molar-refractivity contribution is -0.119. The van der Waals surface area contributed by atoms with Crippen molar-refractivity contribution in [2.45, 2.75) is 26.9 Å². The molecule has 3 heteroatoms. The summed E-state index contributed by atoms with van der Waals surface area (Å²) in [7, 11) is 0. The zero-order valence-electron chi connectivity index (χ0n) is 13.5. The van der Waals surface area contributed by atoms with Crippen LogP contribution in [0.15, 0.2) is 72.4 Å². The van der Waals surface area contributed by atoms with Gasteiger partial charge in [0.05, 0.1) is 5.57 Å². The summed E-state index contributed by atoms with van der Waals surface area (Å²) < 4.78 is 0. The summed E-state index contributed by atoms with van der Waals surface area (Å²) in [6.07, 6.45) is 1.69. The fourth-order valence-corrected chi connectivity index (χ4v) is 2.40. The van der Waals surface area contributed by atoms with Gasteiger partial charge in [-0.05, 0) is 25.0 Å². The Morgan fingerprint density at radius 1 is 0.783 bits per heavy atom. The summed E-state index contributed by atoms with van der Waals surface area (Å²) in [6, 6.07) is 20.0. The van der Waals surface area contributed by atoms with E-state index in [4.69, 9.17) is 0 Å². The molecule has 23 heavy (non-hydrogen) atoms. The van der Waals surface area contributed by atoms with Gasteiger partial charge in [0.1, 0.15) is 0 Å². The van der Waals surface area contributed by atoms with Crippen LogP contribution in [0.1, 0.15) is 25.0 Å². The topological polar surface area (TPSA) is 37.4 Å². The highest BCUT2D eigenvalue weighted by Gasteiger charge is 2.12. The van der Waals surface area contributed by atoms with Crippen LogP contribution in [0, 0.1) is 0 Å². The van der Waals surface area contributed by atoms with Crippen molar-refractivity contribution in [3.63, 3.8) is 0 Å². The van der Waals surface area contributed by atoms with Crippen LogP contribution in [-0.2, 0) is 22.7 Å². The van der Waals surface area contributed by atoms with Gasteiger partial charge in [0.2, 0.25) is 0 Å². The number of nitrogens with zero attached hydrogens (tertiary/aromatic N) is 1. The summed E-state index contributed by atoms with van der Waals surface area (Å²) in [4.78, 5) is 25.4. The molecule has 2 aromatic rings. The van der Waals surface area contributed by atoms with Crippen LogP contribution >= 0.6 is 0 Å². The van der Waals surface area contributed by atoms with Gasteiger partial charge in [0.25, 0.3) is 0 Å². The molecule has 0 fully saturated rings. The maximum atomic E-state index is 11.7. The van der Waals surface area contributed by atoms with Crippen LogP contribution in [-0.4, -0.2) is 16.5 Å². The van der Waals surface area contributed by atoms with E-state index < -0.39 is 0 Å². The van der Waals surface area contributed by atoms with E-state index in [1.807, 2.05) is 65.6 Å². The molecular formula is C20H21NO2. The minimum atomic E-state index is -0.205. The molecule has 0 heterocycles. The average molecular weight is 307 g/mol. The van der Waals surface area contributed by atoms with Gasteiger partial charge in [-0.3, -0.25) is 9.59 Å². The molecule has 0 aliphatic heterocycles. The Morgan fingerprint density at radius 3 is 1.52 bits per heavy atom. The Kier molecular flexibility index (Phi) is 5.87. The van der Waals surface area contributed by atoms with E-state index >= 15 is 0 Å². The zero-order chi connectivity index (χ0) is 16.7. The molecule has 0 saturated carbocycles. The molecule has 0 amide bonds. The summed E-state index contributed by atoms with van der Waals surface area (Å²) >= 11 is 0. The van der Waals surface area contributed by atoms with E-state index in [0.29, 0.717) is 13.1 Å². The van der Waals surface area contributed by atoms with E-state index in [-0.39, 0.29) is 17.1 Å². The van der Waals surface area contributed by atoms with Gasteiger partial charge in [-0.25, -0.2) is 0 Å². The first kappa shape index (κ1) is 16.7. The maximum absolute atomic E-state index is 11.7. The Balaban J connectivity index is 2.28. The highest BCUT2D eigenvalue weighted by atomic mass is 16.1. The Labute approximate surface area is 137 Å². The molecule has 0 saturated heterocycles. The molecule has 0 spiro atoms. The van der Waals surface area contributed by atoms with Crippen molar-refractivity contribution in [3.05, 3.63) is 83.6 Å². The van der Waals surface area contributed by atoms with Crippen molar-refractivity contribution in [1.82, 2.24) is 4.90 Å². The number of rotatable bonds is 7. The number of carbonyl (C=O) groups excluding carboxylic acids is 2. The van der Waals surface area contributed by atoms with Crippen LogP contribution in [0.2, 0.25) is 0 Å². The van der Waals surface area contributed by atoms with Crippen molar-refractivity contribution in [2.24, 2.45) is 0 Å². The van der Waals surface area contributed by atoms with E-state index in [1.165, 1.54) is 13.8 Å². The number of Topliss-reactive ketones (excluding diaryl/α,β-unsaturated/α-hetero) is 2. The van der Waals surface area contributed by atoms with E-state index in [0.717, 1.165) is 11.1 Å². The first-order chi connectivity index (χ1) is 11.1. The first-order valence-electron chi connectivity index (χ1n) is 7.62. The quantitative estimate of drug-likeness (QED) is 0.444. The van der Waals surface area contributed by atoms with Crippen molar-refractivity contribution in [1.29, 1.82) is 0 Å². The maximum Gasteiger partial charge on any atom is 0.164 e. The highest BCUT2D eigenvalue weighted by molar-refractivity contribution is 6.18. The number of benzene rings is 2. The molecule has 0 aliphatic carbocycles. The van der Waals surface area contributed by atoms with Gasteiger partial charge in [-0.1, -0.05) is 60.7 Å². The molecule has 0 radical (unpaired) electrons. The molecule has 0 atom stereocenters. The molecule has 3 nitrogen and oxygen atoms in total. The van der Waals surface area contributed by atoms with Gasteiger partial charge in [0, 0.05) is 19.3 Å². The molecule has 0 unspecified atom stereocenters. The van der Waals surface area contributed by atoms with Crippen molar-refractivity contribution >= 4 is 11.6 Å². The van der Waals surface area contributed by atoms with Gasteiger partial charge >= 0.3 is 0 Å². The number of carbonyl (C=O) groups is 2. The normalized spacial score (nSPS) is 10.0. The predicted molar refractivity (Wildman–Crippen MR) is 91.6 cm³/mol. The molecule has 0 bridgehead atoms. The number of allylic oxidation sites excluding steroid dienone is 1. The Hall–Kier alpha value is -2.68. The zero-order valence-corrected chi connectivity index (χ0v) is 13.5. The molecule has 0 aliphatic rings. The van der Waals surface area contributed by atoms with Crippen LogP contribution in [0.3, 0.4) is 0 Å². The second-order valence-corrected chi connectivity index (χ2v) is 5.53. The Morgan fingerprint density at radius 2 is 1.17 bits per heavy atom. The van der Waals surface area contributed by atoms with Crippen molar-refractivity contribution < 1.29 is 9.59 Å². The summed E-state index contributed by atoms with van der Waals surface area (Å²) in [5, 5.41) is 0. The van der Waals surface area contributed by atoms with Gasteiger partial charge < -0.3 is 4.90 Å². The lowest BCUT2D eigenvalue weighted by Gasteiger charge is -2.22. The third kappa shape index (κ3) is 5.22. The van der Waals surface area contributed by atoms with E-state index in [2.05, 4.69) is 0 Å². The van der Waals surface area contributed by atoms with Crippen LogP contribution in [0.5, 0.6) is 0 Å². The fraction of sp³-hybridized carbons (Fsp3) is 0.200.